The van der Waals surface area contributed by atoms with E-state index in [1.807, 2.05) is 0 Å². The molecule has 1 atom stereocenters. The normalized spacial score (nSPS) is 12.4. The summed E-state index contributed by atoms with van der Waals surface area (Å²) in [6.45, 7) is 0.356. The molecule has 0 radical (unpaired) electrons. The molecule has 0 bridgehead atoms. The van der Waals surface area contributed by atoms with Crippen LogP contribution in [-0.2, 0) is 22.7 Å². The summed E-state index contributed by atoms with van der Waals surface area (Å²) < 4.78 is 22.9. The fraction of sp³-hybridized carbons (Fsp3) is 0.400. The quantitative estimate of drug-likeness (QED) is 0.827. The molecule has 1 heterocycles. The van der Waals surface area contributed by atoms with Crippen molar-refractivity contribution >= 4 is 5.91 Å². The summed E-state index contributed by atoms with van der Waals surface area (Å²) in [5.74, 6) is 0.123. The largest absolute Gasteiger partial charge is 0.377 e. The van der Waals surface area contributed by atoms with E-state index in [2.05, 4.69) is 15.5 Å². The number of likely N-dealkylation sites (N-methyl/N-ethyl adjacent to an activating group) is 1. The molecule has 0 fully saturated rings. The monoisotopic (exact) mass is 322 g/mol. The van der Waals surface area contributed by atoms with Crippen molar-refractivity contribution in [2.75, 3.05) is 21.2 Å². The molecule has 8 heteroatoms. The van der Waals surface area contributed by atoms with Gasteiger partial charge in [-0.05, 0) is 31.8 Å². The number of amides is 1. The van der Waals surface area contributed by atoms with Crippen LogP contribution in [0.2, 0.25) is 0 Å². The molecule has 23 heavy (non-hydrogen) atoms. The third kappa shape index (κ3) is 4.57. The molecule has 0 aliphatic carbocycles. The lowest BCUT2D eigenvalue weighted by Crippen LogP contribution is -2.36. The Bertz CT molecular complexity index is 642. The average Bonchev–Trinajstić information content (AvgIpc) is 2.95. The molecule has 2 aromatic rings. The molecule has 0 saturated carbocycles. The lowest BCUT2D eigenvalue weighted by molar-refractivity contribution is -0.126. The minimum absolute atomic E-state index is 0.112. The minimum atomic E-state index is -0.544. The maximum atomic E-state index is 13.0. The molecule has 0 aliphatic heterocycles. The van der Waals surface area contributed by atoms with Crippen molar-refractivity contribution in [3.05, 3.63) is 47.4 Å². The van der Waals surface area contributed by atoms with Gasteiger partial charge in [-0.25, -0.2) is 4.39 Å². The molecule has 7 nitrogen and oxygen atoms in total. The van der Waals surface area contributed by atoms with Crippen LogP contribution in [0.25, 0.3) is 0 Å². The van der Waals surface area contributed by atoms with E-state index < -0.39 is 6.04 Å². The van der Waals surface area contributed by atoms with Crippen LogP contribution >= 0.6 is 0 Å². The zero-order chi connectivity index (χ0) is 16.8. The number of hydrogen-bond donors (Lipinski definition) is 1. The van der Waals surface area contributed by atoms with Crippen molar-refractivity contribution in [2.45, 2.75) is 19.2 Å². The molecule has 1 amide bonds. The van der Waals surface area contributed by atoms with Gasteiger partial charge in [0.05, 0.1) is 6.54 Å². The highest BCUT2D eigenvalue weighted by molar-refractivity contribution is 5.83. The highest BCUT2D eigenvalue weighted by Gasteiger charge is 2.23. The van der Waals surface area contributed by atoms with Gasteiger partial charge < -0.3 is 14.6 Å². The lowest BCUT2D eigenvalue weighted by atomic mass is 10.1. The Morgan fingerprint density at radius 3 is 2.70 bits per heavy atom. The number of hydrogen-bond acceptors (Lipinski definition) is 6. The number of nitrogens with zero attached hydrogens (tertiary/aromatic N) is 3. The molecule has 2 rings (SSSR count). The first kappa shape index (κ1) is 17.0. The fourth-order valence-corrected chi connectivity index (χ4v) is 2.14. The molecule has 1 N–H and O–H groups in total. The van der Waals surface area contributed by atoms with E-state index in [4.69, 9.17) is 9.26 Å². The molecular formula is C15H19FN4O3. The third-order valence-corrected chi connectivity index (χ3v) is 3.15. The van der Waals surface area contributed by atoms with E-state index in [0.29, 0.717) is 17.3 Å². The predicted molar refractivity (Wildman–Crippen MR) is 79.7 cm³/mol. The van der Waals surface area contributed by atoms with Crippen molar-refractivity contribution in [1.82, 2.24) is 20.4 Å². The number of carbonyl (C=O) groups is 1. The molecule has 124 valence electrons. The van der Waals surface area contributed by atoms with Gasteiger partial charge >= 0.3 is 0 Å². The average molecular weight is 322 g/mol. The summed E-state index contributed by atoms with van der Waals surface area (Å²) in [4.78, 5) is 18.2. The number of aromatic nitrogens is 2. The first-order valence-corrected chi connectivity index (χ1v) is 7.01. The molecule has 0 aliphatic rings. The Labute approximate surface area is 133 Å². The second-order valence-electron chi connectivity index (χ2n) is 5.17. The van der Waals surface area contributed by atoms with Crippen LogP contribution in [0.3, 0.4) is 0 Å². The number of nitrogens with one attached hydrogen (secondary N) is 1. The molecule has 0 unspecified atom stereocenters. The highest BCUT2D eigenvalue weighted by atomic mass is 19.1. The van der Waals surface area contributed by atoms with E-state index in [1.54, 1.807) is 31.1 Å². The van der Waals surface area contributed by atoms with Crippen LogP contribution in [0.5, 0.6) is 0 Å². The number of halogens is 1. The maximum absolute atomic E-state index is 13.0. The van der Waals surface area contributed by atoms with Gasteiger partial charge in [0.25, 0.3) is 0 Å². The van der Waals surface area contributed by atoms with Crippen molar-refractivity contribution < 1.29 is 18.4 Å². The Morgan fingerprint density at radius 1 is 1.39 bits per heavy atom. The van der Waals surface area contributed by atoms with Gasteiger partial charge in [0.2, 0.25) is 11.8 Å². The molecular weight excluding hydrogens is 303 g/mol. The standard InChI is InChI=1S/C15H19FN4O3/c1-20(2)14(10-4-6-11(16)7-5-10)15(21)17-8-13-18-12(9-22-3)19-23-13/h4-7,14H,8-9H2,1-3H3,(H,17,21)/t14-/m1/s1. The lowest BCUT2D eigenvalue weighted by Gasteiger charge is -2.23. The Hall–Kier alpha value is -2.32. The summed E-state index contributed by atoms with van der Waals surface area (Å²) in [7, 11) is 5.08. The van der Waals surface area contributed by atoms with Crippen molar-refractivity contribution in [3.8, 4) is 0 Å². The molecule has 0 spiro atoms. The van der Waals surface area contributed by atoms with E-state index in [9.17, 15) is 9.18 Å². The van der Waals surface area contributed by atoms with E-state index in [0.717, 1.165) is 0 Å². The van der Waals surface area contributed by atoms with E-state index in [-0.39, 0.29) is 24.9 Å². The second-order valence-corrected chi connectivity index (χ2v) is 5.17. The van der Waals surface area contributed by atoms with Crippen LogP contribution in [-0.4, -0.2) is 42.2 Å². The summed E-state index contributed by atoms with van der Waals surface area (Å²) in [6.07, 6.45) is 0. The van der Waals surface area contributed by atoms with Crippen molar-refractivity contribution in [3.63, 3.8) is 0 Å². The van der Waals surface area contributed by atoms with E-state index in [1.165, 1.54) is 19.2 Å². The van der Waals surface area contributed by atoms with Crippen molar-refractivity contribution in [2.24, 2.45) is 0 Å². The van der Waals surface area contributed by atoms with Gasteiger partial charge in [0.1, 0.15) is 18.5 Å². The zero-order valence-electron chi connectivity index (χ0n) is 13.2. The molecule has 0 saturated heterocycles. The van der Waals surface area contributed by atoms with Crippen LogP contribution in [0.15, 0.2) is 28.8 Å². The Balaban J connectivity index is 2.02. The number of benzene rings is 1. The summed E-state index contributed by atoms with van der Waals surface area (Å²) >= 11 is 0. The Morgan fingerprint density at radius 2 is 2.09 bits per heavy atom. The van der Waals surface area contributed by atoms with E-state index >= 15 is 0 Å². The number of carbonyl (C=O) groups excluding carboxylic acids is 1. The van der Waals surface area contributed by atoms with Gasteiger partial charge in [0, 0.05) is 7.11 Å². The first-order chi connectivity index (χ1) is 11.0. The molecule has 1 aromatic heterocycles. The summed E-state index contributed by atoms with van der Waals surface area (Å²) in [5, 5.41) is 6.45. The second kappa shape index (κ2) is 7.80. The molecule has 1 aromatic carbocycles. The number of rotatable bonds is 7. The maximum Gasteiger partial charge on any atom is 0.246 e. The first-order valence-electron chi connectivity index (χ1n) is 7.01. The number of ether oxygens (including phenoxy) is 1. The van der Waals surface area contributed by atoms with Crippen LogP contribution in [0, 0.1) is 5.82 Å². The van der Waals surface area contributed by atoms with Crippen LogP contribution < -0.4 is 5.32 Å². The minimum Gasteiger partial charge on any atom is -0.377 e. The topological polar surface area (TPSA) is 80.5 Å². The predicted octanol–water partition coefficient (Wildman–Crippen LogP) is 1.27. The van der Waals surface area contributed by atoms with Gasteiger partial charge in [-0.15, -0.1) is 0 Å². The highest BCUT2D eigenvalue weighted by Crippen LogP contribution is 2.19. The smallest absolute Gasteiger partial charge is 0.246 e. The van der Waals surface area contributed by atoms with Gasteiger partial charge in [0.15, 0.2) is 5.82 Å². The fourth-order valence-electron chi connectivity index (χ4n) is 2.14. The van der Waals surface area contributed by atoms with Gasteiger partial charge in [-0.2, -0.15) is 4.98 Å². The van der Waals surface area contributed by atoms with Gasteiger partial charge in [-0.3, -0.25) is 9.69 Å². The third-order valence-electron chi connectivity index (χ3n) is 3.15. The van der Waals surface area contributed by atoms with Crippen LogP contribution in [0.4, 0.5) is 4.39 Å². The summed E-state index contributed by atoms with van der Waals surface area (Å²) in [6, 6.07) is 5.28. The zero-order valence-corrected chi connectivity index (χ0v) is 13.2. The van der Waals surface area contributed by atoms with Gasteiger partial charge in [-0.1, -0.05) is 17.3 Å². The Kier molecular flexibility index (Phi) is 5.78. The number of methoxy groups -OCH3 is 1. The van der Waals surface area contributed by atoms with Crippen molar-refractivity contribution in [1.29, 1.82) is 0 Å². The summed E-state index contributed by atoms with van der Waals surface area (Å²) in [5.41, 5.74) is 0.694. The SMILES string of the molecule is COCc1noc(CNC(=O)[C@@H](c2ccc(F)cc2)N(C)C)n1. The van der Waals surface area contributed by atoms with Crippen LogP contribution in [0.1, 0.15) is 23.3 Å².